The van der Waals surface area contributed by atoms with Crippen molar-refractivity contribution in [3.8, 4) is 0 Å². The van der Waals surface area contributed by atoms with Crippen LogP contribution in [-0.2, 0) is 0 Å². The molecule has 0 amide bonds. The molecule has 2 unspecified atom stereocenters. The lowest BCUT2D eigenvalue weighted by atomic mass is 9.94. The Balaban J connectivity index is 2.06. The Bertz CT molecular complexity index is 304. The summed E-state index contributed by atoms with van der Waals surface area (Å²) < 4.78 is 0. The van der Waals surface area contributed by atoms with Crippen LogP contribution in [-0.4, -0.2) is 35.8 Å². The van der Waals surface area contributed by atoms with Crippen molar-refractivity contribution < 1.29 is 5.11 Å². The molecular weight excluding hydrogens is 190 g/mol. The number of piperidine rings is 1. The van der Waals surface area contributed by atoms with Gasteiger partial charge < -0.3 is 15.7 Å². The first-order chi connectivity index (χ1) is 7.31. The molecule has 4 nitrogen and oxygen atoms in total. The van der Waals surface area contributed by atoms with Crippen molar-refractivity contribution in [3.63, 3.8) is 0 Å². The topological polar surface area (TPSA) is 62.4 Å². The SMILES string of the molecule is NC1CCN(c2ccccn2)CC1CO. The number of aromatic nitrogens is 1. The number of nitrogens with two attached hydrogens (primary N) is 1. The third-order valence-electron chi connectivity index (χ3n) is 3.00. The fourth-order valence-electron chi connectivity index (χ4n) is 1.99. The zero-order chi connectivity index (χ0) is 10.7. The van der Waals surface area contributed by atoms with Gasteiger partial charge in [0.15, 0.2) is 0 Å². The predicted molar refractivity (Wildman–Crippen MR) is 59.6 cm³/mol. The second-order valence-electron chi connectivity index (χ2n) is 4.03. The summed E-state index contributed by atoms with van der Waals surface area (Å²) in [5.74, 6) is 1.14. The summed E-state index contributed by atoms with van der Waals surface area (Å²) in [4.78, 5) is 6.48. The summed E-state index contributed by atoms with van der Waals surface area (Å²) in [5.41, 5.74) is 5.92. The summed E-state index contributed by atoms with van der Waals surface area (Å²) in [7, 11) is 0. The molecule has 1 aliphatic rings. The van der Waals surface area contributed by atoms with Gasteiger partial charge in [0.25, 0.3) is 0 Å². The smallest absolute Gasteiger partial charge is 0.128 e. The molecular formula is C11H17N3O. The monoisotopic (exact) mass is 207 g/mol. The van der Waals surface area contributed by atoms with Crippen LogP contribution in [0.4, 0.5) is 5.82 Å². The maximum Gasteiger partial charge on any atom is 0.128 e. The molecule has 1 aliphatic heterocycles. The molecule has 82 valence electrons. The fraction of sp³-hybridized carbons (Fsp3) is 0.545. The second kappa shape index (κ2) is 4.59. The molecule has 2 heterocycles. The Labute approximate surface area is 89.7 Å². The van der Waals surface area contributed by atoms with Crippen LogP contribution < -0.4 is 10.6 Å². The highest BCUT2D eigenvalue weighted by atomic mass is 16.3. The van der Waals surface area contributed by atoms with Crippen molar-refractivity contribution in [3.05, 3.63) is 24.4 Å². The number of pyridine rings is 1. The van der Waals surface area contributed by atoms with Crippen molar-refractivity contribution in [2.24, 2.45) is 11.7 Å². The molecule has 1 aromatic rings. The molecule has 1 aromatic heterocycles. The lowest BCUT2D eigenvalue weighted by molar-refractivity contribution is 0.191. The first-order valence-electron chi connectivity index (χ1n) is 5.33. The number of aliphatic hydroxyl groups is 1. The average molecular weight is 207 g/mol. The molecule has 0 aromatic carbocycles. The maximum absolute atomic E-state index is 9.20. The van der Waals surface area contributed by atoms with Crippen molar-refractivity contribution in [1.29, 1.82) is 0 Å². The number of nitrogens with zero attached hydrogens (tertiary/aromatic N) is 2. The average Bonchev–Trinajstić information content (AvgIpc) is 2.31. The standard InChI is InChI=1S/C11H17N3O/c12-10-4-6-14(7-9(10)8-15)11-3-1-2-5-13-11/h1-3,5,9-10,15H,4,6-8,12H2. The third kappa shape index (κ3) is 2.27. The lowest BCUT2D eigenvalue weighted by Gasteiger charge is -2.36. The molecule has 4 heteroatoms. The van der Waals surface area contributed by atoms with E-state index in [4.69, 9.17) is 5.73 Å². The molecule has 0 spiro atoms. The van der Waals surface area contributed by atoms with Gasteiger partial charge in [0.1, 0.15) is 5.82 Å². The van der Waals surface area contributed by atoms with Crippen LogP contribution in [0, 0.1) is 5.92 Å². The number of rotatable bonds is 2. The Morgan fingerprint density at radius 1 is 1.53 bits per heavy atom. The van der Waals surface area contributed by atoms with Crippen LogP contribution in [0.15, 0.2) is 24.4 Å². The number of hydrogen-bond donors (Lipinski definition) is 2. The van der Waals surface area contributed by atoms with Crippen LogP contribution in [0.2, 0.25) is 0 Å². The van der Waals surface area contributed by atoms with Crippen LogP contribution in [0.5, 0.6) is 0 Å². The van der Waals surface area contributed by atoms with Gasteiger partial charge in [0.2, 0.25) is 0 Å². The van der Waals surface area contributed by atoms with E-state index < -0.39 is 0 Å². The van der Waals surface area contributed by atoms with E-state index in [1.54, 1.807) is 6.20 Å². The molecule has 0 aliphatic carbocycles. The zero-order valence-corrected chi connectivity index (χ0v) is 8.71. The highest BCUT2D eigenvalue weighted by Gasteiger charge is 2.26. The van der Waals surface area contributed by atoms with E-state index in [1.165, 1.54) is 0 Å². The molecule has 2 atom stereocenters. The Kier molecular flexibility index (Phi) is 3.18. The Morgan fingerprint density at radius 2 is 2.40 bits per heavy atom. The number of anilines is 1. The summed E-state index contributed by atoms with van der Waals surface area (Å²) >= 11 is 0. The van der Waals surface area contributed by atoms with Gasteiger partial charge in [-0.25, -0.2) is 4.98 Å². The largest absolute Gasteiger partial charge is 0.396 e. The minimum absolute atomic E-state index is 0.120. The van der Waals surface area contributed by atoms with E-state index in [9.17, 15) is 5.11 Å². The van der Waals surface area contributed by atoms with Gasteiger partial charge in [-0.15, -0.1) is 0 Å². The first kappa shape index (κ1) is 10.4. The number of aliphatic hydroxyl groups excluding tert-OH is 1. The van der Waals surface area contributed by atoms with Crippen LogP contribution in [0.3, 0.4) is 0 Å². The third-order valence-corrected chi connectivity index (χ3v) is 3.00. The van der Waals surface area contributed by atoms with E-state index in [1.807, 2.05) is 18.2 Å². The number of hydrogen-bond acceptors (Lipinski definition) is 4. The van der Waals surface area contributed by atoms with Crippen LogP contribution in [0.25, 0.3) is 0 Å². The second-order valence-corrected chi connectivity index (χ2v) is 4.03. The quantitative estimate of drug-likeness (QED) is 0.728. The molecule has 0 bridgehead atoms. The molecule has 0 radical (unpaired) electrons. The van der Waals surface area contributed by atoms with E-state index in [2.05, 4.69) is 9.88 Å². The van der Waals surface area contributed by atoms with Crippen LogP contribution in [0.1, 0.15) is 6.42 Å². The van der Waals surface area contributed by atoms with Crippen LogP contribution >= 0.6 is 0 Å². The van der Waals surface area contributed by atoms with E-state index in [0.29, 0.717) is 0 Å². The highest BCUT2D eigenvalue weighted by Crippen LogP contribution is 2.20. The first-order valence-corrected chi connectivity index (χ1v) is 5.33. The highest BCUT2D eigenvalue weighted by molar-refractivity contribution is 5.38. The predicted octanol–water partition coefficient (Wildman–Crippen LogP) is 0.227. The van der Waals surface area contributed by atoms with Gasteiger partial charge in [0, 0.05) is 37.9 Å². The fourth-order valence-corrected chi connectivity index (χ4v) is 1.99. The van der Waals surface area contributed by atoms with Gasteiger partial charge in [-0.2, -0.15) is 0 Å². The van der Waals surface area contributed by atoms with E-state index >= 15 is 0 Å². The van der Waals surface area contributed by atoms with Crippen molar-refractivity contribution in [1.82, 2.24) is 4.98 Å². The van der Waals surface area contributed by atoms with E-state index in [0.717, 1.165) is 25.3 Å². The van der Waals surface area contributed by atoms with Gasteiger partial charge in [-0.3, -0.25) is 0 Å². The van der Waals surface area contributed by atoms with Crippen molar-refractivity contribution in [2.45, 2.75) is 12.5 Å². The van der Waals surface area contributed by atoms with Crippen molar-refractivity contribution in [2.75, 3.05) is 24.6 Å². The van der Waals surface area contributed by atoms with Crippen molar-refractivity contribution >= 4 is 5.82 Å². The van der Waals surface area contributed by atoms with Gasteiger partial charge in [-0.1, -0.05) is 6.07 Å². The maximum atomic E-state index is 9.20. The molecule has 0 saturated carbocycles. The molecule has 1 fully saturated rings. The Hall–Kier alpha value is -1.13. The van der Waals surface area contributed by atoms with Gasteiger partial charge in [0.05, 0.1) is 0 Å². The minimum atomic E-state index is 0.120. The summed E-state index contributed by atoms with van der Waals surface area (Å²) in [6.07, 6.45) is 2.71. The van der Waals surface area contributed by atoms with E-state index in [-0.39, 0.29) is 18.6 Å². The zero-order valence-electron chi connectivity index (χ0n) is 8.71. The summed E-state index contributed by atoms with van der Waals surface area (Å²) in [6, 6.07) is 5.99. The summed E-state index contributed by atoms with van der Waals surface area (Å²) in [6.45, 7) is 1.88. The molecule has 2 rings (SSSR count). The lowest BCUT2D eigenvalue weighted by Crippen LogP contribution is -2.48. The molecule has 15 heavy (non-hydrogen) atoms. The minimum Gasteiger partial charge on any atom is -0.396 e. The normalized spacial score (nSPS) is 26.7. The molecule has 3 N–H and O–H groups in total. The molecule has 1 saturated heterocycles. The summed E-state index contributed by atoms with van der Waals surface area (Å²) in [5, 5.41) is 9.20. The Morgan fingerprint density at radius 3 is 3.07 bits per heavy atom. The van der Waals surface area contributed by atoms with Gasteiger partial charge in [-0.05, 0) is 18.6 Å². The van der Waals surface area contributed by atoms with Gasteiger partial charge >= 0.3 is 0 Å².